The van der Waals surface area contributed by atoms with Gasteiger partial charge in [0.25, 0.3) is 0 Å². The van der Waals surface area contributed by atoms with E-state index in [1.54, 1.807) is 18.6 Å². The third-order valence-electron chi connectivity index (χ3n) is 4.07. The van der Waals surface area contributed by atoms with E-state index >= 15 is 0 Å². The van der Waals surface area contributed by atoms with E-state index in [1.807, 2.05) is 54.6 Å². The summed E-state index contributed by atoms with van der Waals surface area (Å²) in [5.74, 6) is 6.15. The maximum absolute atomic E-state index is 11.8. The average molecular weight is 341 g/mol. The van der Waals surface area contributed by atoms with Crippen molar-refractivity contribution in [1.29, 1.82) is 0 Å². The molecule has 0 unspecified atom stereocenters. The van der Waals surface area contributed by atoms with Crippen LogP contribution in [0.15, 0.2) is 73.2 Å². The maximum atomic E-state index is 11.8. The Labute approximate surface area is 151 Å². The smallest absolute Gasteiger partial charge is 0.408 e. The molecule has 1 aromatic carbocycles. The number of nitrogens with one attached hydrogen (secondary N) is 1. The van der Waals surface area contributed by atoms with E-state index in [9.17, 15) is 4.79 Å². The molecule has 5 heteroatoms. The fourth-order valence-corrected chi connectivity index (χ4v) is 2.85. The number of hydrogen-bond donors (Lipinski definition) is 1. The molecule has 26 heavy (non-hydrogen) atoms. The Morgan fingerprint density at radius 2 is 1.85 bits per heavy atom. The fraction of sp³-hybridized carbons (Fsp3) is 0.0952. The van der Waals surface area contributed by atoms with Gasteiger partial charge in [-0.2, -0.15) is 0 Å². The molecule has 0 spiro atoms. The highest BCUT2D eigenvalue weighted by Gasteiger charge is 2.36. The quantitative estimate of drug-likeness (QED) is 0.726. The van der Waals surface area contributed by atoms with Crippen LogP contribution >= 0.6 is 0 Å². The van der Waals surface area contributed by atoms with Gasteiger partial charge in [-0.15, -0.1) is 0 Å². The van der Waals surface area contributed by atoms with Gasteiger partial charge in [0, 0.05) is 29.7 Å². The van der Waals surface area contributed by atoms with Gasteiger partial charge < -0.3 is 10.1 Å². The molecule has 1 aliphatic heterocycles. The Hall–Kier alpha value is -3.65. The van der Waals surface area contributed by atoms with Crippen molar-refractivity contribution in [1.82, 2.24) is 15.3 Å². The van der Waals surface area contributed by atoms with Gasteiger partial charge in [-0.1, -0.05) is 30.2 Å². The lowest BCUT2D eigenvalue weighted by atomic mass is 9.98. The number of cyclic esters (lactones) is 1. The van der Waals surface area contributed by atoms with Gasteiger partial charge in [-0.05, 0) is 41.8 Å². The normalized spacial score (nSPS) is 18.4. The van der Waals surface area contributed by atoms with E-state index in [0.717, 1.165) is 16.7 Å². The first-order chi connectivity index (χ1) is 12.8. The number of pyridine rings is 2. The average Bonchev–Trinajstić information content (AvgIpc) is 3.10. The van der Waals surface area contributed by atoms with Crippen LogP contribution in [-0.4, -0.2) is 16.1 Å². The van der Waals surface area contributed by atoms with E-state index in [-0.39, 0.29) is 6.04 Å². The standard InChI is InChI=1S/C21H15N3O2/c25-21-24-19(20(26-21)17-7-4-11-22-14-17)16-10-12-23-18(13-16)9-8-15-5-2-1-3-6-15/h1-7,10-14,19-20H,(H,24,25)/t19-,20-/m1/s1. The summed E-state index contributed by atoms with van der Waals surface area (Å²) in [5.41, 5.74) is 3.28. The van der Waals surface area contributed by atoms with E-state index in [1.165, 1.54) is 0 Å². The summed E-state index contributed by atoms with van der Waals surface area (Å²) in [7, 11) is 0. The minimum atomic E-state index is -0.447. The predicted octanol–water partition coefficient (Wildman–Crippen LogP) is 3.40. The minimum Gasteiger partial charge on any atom is -0.439 e. The summed E-state index contributed by atoms with van der Waals surface area (Å²) in [6, 6.07) is 16.9. The highest BCUT2D eigenvalue weighted by atomic mass is 16.6. The second kappa shape index (κ2) is 7.08. The molecule has 1 aliphatic rings. The first kappa shape index (κ1) is 15.9. The number of hydrogen-bond acceptors (Lipinski definition) is 4. The summed E-state index contributed by atoms with van der Waals surface area (Å²) < 4.78 is 5.44. The molecule has 1 fully saturated rings. The van der Waals surface area contributed by atoms with Crippen molar-refractivity contribution in [2.75, 3.05) is 0 Å². The molecule has 0 saturated carbocycles. The molecule has 1 amide bonds. The Morgan fingerprint density at radius 3 is 2.65 bits per heavy atom. The van der Waals surface area contributed by atoms with Crippen LogP contribution in [-0.2, 0) is 4.74 Å². The number of nitrogens with zero attached hydrogens (tertiary/aromatic N) is 2. The molecular weight excluding hydrogens is 326 g/mol. The Bertz CT molecular complexity index is 978. The van der Waals surface area contributed by atoms with Gasteiger partial charge in [-0.3, -0.25) is 4.98 Å². The predicted molar refractivity (Wildman–Crippen MR) is 96.0 cm³/mol. The number of carbonyl (C=O) groups excluding carboxylic acids is 1. The Morgan fingerprint density at radius 1 is 0.962 bits per heavy atom. The molecule has 4 rings (SSSR count). The number of aromatic nitrogens is 2. The lowest BCUT2D eigenvalue weighted by molar-refractivity contribution is 0.132. The highest BCUT2D eigenvalue weighted by Crippen LogP contribution is 2.36. The van der Waals surface area contributed by atoms with Gasteiger partial charge >= 0.3 is 6.09 Å². The summed E-state index contributed by atoms with van der Waals surface area (Å²) in [4.78, 5) is 20.2. The topological polar surface area (TPSA) is 64.1 Å². The largest absolute Gasteiger partial charge is 0.439 e. The molecule has 3 heterocycles. The fourth-order valence-electron chi connectivity index (χ4n) is 2.85. The molecule has 2 aromatic heterocycles. The van der Waals surface area contributed by atoms with Gasteiger partial charge in [0.15, 0.2) is 6.10 Å². The zero-order valence-corrected chi connectivity index (χ0v) is 13.8. The Kier molecular flexibility index (Phi) is 4.31. The van der Waals surface area contributed by atoms with E-state index in [4.69, 9.17) is 4.74 Å². The lowest BCUT2D eigenvalue weighted by Crippen LogP contribution is -2.19. The lowest BCUT2D eigenvalue weighted by Gasteiger charge is -2.17. The monoisotopic (exact) mass is 341 g/mol. The molecule has 1 saturated heterocycles. The van der Waals surface area contributed by atoms with Crippen LogP contribution in [0.25, 0.3) is 0 Å². The van der Waals surface area contributed by atoms with Crippen LogP contribution in [0.1, 0.15) is 34.5 Å². The first-order valence-electron chi connectivity index (χ1n) is 8.20. The van der Waals surface area contributed by atoms with E-state index in [2.05, 4.69) is 27.1 Å². The summed E-state index contributed by atoms with van der Waals surface area (Å²) in [5, 5.41) is 2.85. The van der Waals surface area contributed by atoms with Crippen LogP contribution in [0.5, 0.6) is 0 Å². The number of rotatable bonds is 2. The van der Waals surface area contributed by atoms with Crippen molar-refractivity contribution in [2.24, 2.45) is 0 Å². The summed E-state index contributed by atoms with van der Waals surface area (Å²) >= 11 is 0. The van der Waals surface area contributed by atoms with Crippen molar-refractivity contribution >= 4 is 6.09 Å². The summed E-state index contributed by atoms with van der Waals surface area (Å²) in [6.07, 6.45) is 4.20. The van der Waals surface area contributed by atoms with Gasteiger partial charge in [0.2, 0.25) is 0 Å². The van der Waals surface area contributed by atoms with Crippen LogP contribution in [0.4, 0.5) is 4.79 Å². The SMILES string of the molecule is O=C1N[C@H](c2ccnc(C#Cc3ccccc3)c2)[C@@H](c2cccnc2)O1. The number of benzene rings is 1. The molecule has 0 bridgehead atoms. The molecular formula is C21H15N3O2. The van der Waals surface area contributed by atoms with Crippen molar-refractivity contribution in [3.8, 4) is 11.8 Å². The second-order valence-corrected chi connectivity index (χ2v) is 5.82. The van der Waals surface area contributed by atoms with Crippen LogP contribution in [0, 0.1) is 11.8 Å². The number of ether oxygens (including phenoxy) is 1. The molecule has 2 atom stereocenters. The molecule has 1 N–H and O–H groups in total. The van der Waals surface area contributed by atoms with Gasteiger partial charge in [-0.25, -0.2) is 9.78 Å². The van der Waals surface area contributed by atoms with Gasteiger partial charge in [0.05, 0.1) is 6.04 Å². The van der Waals surface area contributed by atoms with E-state index < -0.39 is 12.2 Å². The molecule has 3 aromatic rings. The third kappa shape index (κ3) is 3.40. The number of carbonyl (C=O) groups is 1. The Balaban J connectivity index is 1.63. The molecule has 126 valence electrons. The van der Waals surface area contributed by atoms with Crippen LogP contribution in [0.3, 0.4) is 0 Å². The number of alkyl carbamates (subject to hydrolysis) is 1. The molecule has 0 aliphatic carbocycles. The zero-order chi connectivity index (χ0) is 17.8. The maximum Gasteiger partial charge on any atom is 0.408 e. The van der Waals surface area contributed by atoms with Gasteiger partial charge in [0.1, 0.15) is 5.69 Å². The van der Waals surface area contributed by atoms with Crippen molar-refractivity contribution in [3.63, 3.8) is 0 Å². The van der Waals surface area contributed by atoms with Crippen molar-refractivity contribution < 1.29 is 9.53 Å². The van der Waals surface area contributed by atoms with Crippen molar-refractivity contribution in [2.45, 2.75) is 12.1 Å². The van der Waals surface area contributed by atoms with Crippen LogP contribution < -0.4 is 5.32 Å². The minimum absolute atomic E-state index is 0.313. The third-order valence-corrected chi connectivity index (χ3v) is 4.07. The van der Waals surface area contributed by atoms with Crippen molar-refractivity contribution in [3.05, 3.63) is 95.6 Å². The second-order valence-electron chi connectivity index (χ2n) is 5.82. The first-order valence-corrected chi connectivity index (χ1v) is 8.20. The van der Waals surface area contributed by atoms with Crippen LogP contribution in [0.2, 0.25) is 0 Å². The molecule has 5 nitrogen and oxygen atoms in total. The number of amides is 1. The highest BCUT2D eigenvalue weighted by molar-refractivity contribution is 5.71. The molecule has 0 radical (unpaired) electrons. The van der Waals surface area contributed by atoms with E-state index in [0.29, 0.717) is 5.69 Å². The zero-order valence-electron chi connectivity index (χ0n) is 13.8. The summed E-state index contributed by atoms with van der Waals surface area (Å²) in [6.45, 7) is 0.